The Kier molecular flexibility index (Phi) is 11.4. The molecule has 0 saturated heterocycles. The highest BCUT2D eigenvalue weighted by atomic mass is 16.3. The van der Waals surface area contributed by atoms with Crippen LogP contribution in [0.5, 0.6) is 0 Å². The van der Waals surface area contributed by atoms with Crippen molar-refractivity contribution in [2.24, 2.45) is 0 Å². The largest absolute Gasteiger partial charge is 0.395 e. The van der Waals surface area contributed by atoms with Crippen molar-refractivity contribution in [3.8, 4) is 0 Å². The first kappa shape index (κ1) is 18.0. The molecule has 0 amide bonds. The number of rotatable bonds is 14. The normalized spacial score (nSPS) is 15.8. The zero-order valence-corrected chi connectivity index (χ0v) is 13.8. The minimum absolute atomic E-state index is 0.328. The Labute approximate surface area is 126 Å². The van der Waals surface area contributed by atoms with Crippen LogP contribution < -0.4 is 0 Å². The molecule has 2 heteroatoms. The molecule has 120 valence electrons. The van der Waals surface area contributed by atoms with E-state index >= 15 is 0 Å². The summed E-state index contributed by atoms with van der Waals surface area (Å²) in [7, 11) is 0. The highest BCUT2D eigenvalue weighted by molar-refractivity contribution is 4.79. The fourth-order valence-corrected chi connectivity index (χ4v) is 3.16. The molecule has 0 aromatic heterocycles. The molecule has 20 heavy (non-hydrogen) atoms. The molecule has 2 nitrogen and oxygen atoms in total. The van der Waals surface area contributed by atoms with Gasteiger partial charge in [-0.25, -0.2) is 0 Å². The summed E-state index contributed by atoms with van der Waals surface area (Å²) < 4.78 is 0. The number of hydrogen-bond acceptors (Lipinski definition) is 2. The van der Waals surface area contributed by atoms with Crippen molar-refractivity contribution in [2.45, 2.75) is 96.4 Å². The number of aliphatic hydroxyl groups excluding tert-OH is 1. The van der Waals surface area contributed by atoms with E-state index in [1.54, 1.807) is 0 Å². The molecule has 0 aromatic rings. The van der Waals surface area contributed by atoms with E-state index in [1.807, 2.05) is 0 Å². The van der Waals surface area contributed by atoms with E-state index in [9.17, 15) is 0 Å². The van der Waals surface area contributed by atoms with Crippen molar-refractivity contribution in [3.05, 3.63) is 0 Å². The summed E-state index contributed by atoms with van der Waals surface area (Å²) in [6, 6.07) is 0.792. The lowest BCUT2D eigenvalue weighted by atomic mass is 9.91. The summed E-state index contributed by atoms with van der Waals surface area (Å²) >= 11 is 0. The first-order valence-electron chi connectivity index (χ1n) is 9.23. The van der Waals surface area contributed by atoms with Gasteiger partial charge in [0.25, 0.3) is 0 Å². The quantitative estimate of drug-likeness (QED) is 0.465. The van der Waals surface area contributed by atoms with Gasteiger partial charge >= 0.3 is 0 Å². The van der Waals surface area contributed by atoms with Crippen molar-refractivity contribution in [3.63, 3.8) is 0 Å². The average molecular weight is 284 g/mol. The zero-order chi connectivity index (χ0) is 14.5. The first-order chi connectivity index (χ1) is 9.88. The van der Waals surface area contributed by atoms with E-state index in [0.717, 1.165) is 12.6 Å². The molecule has 1 fully saturated rings. The van der Waals surface area contributed by atoms with Crippen molar-refractivity contribution in [1.82, 2.24) is 4.90 Å². The predicted octanol–water partition coefficient (Wildman–Crippen LogP) is 4.75. The summed E-state index contributed by atoms with van der Waals surface area (Å²) in [5, 5.41) is 9.12. The Morgan fingerprint density at radius 3 is 1.80 bits per heavy atom. The van der Waals surface area contributed by atoms with Gasteiger partial charge in [-0.2, -0.15) is 0 Å². The second kappa shape index (κ2) is 12.6. The van der Waals surface area contributed by atoms with Gasteiger partial charge < -0.3 is 5.11 Å². The smallest absolute Gasteiger partial charge is 0.0558 e. The third-order valence-corrected chi connectivity index (χ3v) is 4.78. The summed E-state index contributed by atoms with van der Waals surface area (Å²) in [5.74, 6) is 0. The molecular formula is C18H37NO. The molecule has 0 aromatic carbocycles. The van der Waals surface area contributed by atoms with Gasteiger partial charge in [0.1, 0.15) is 0 Å². The summed E-state index contributed by atoms with van der Waals surface area (Å²) in [4.78, 5) is 2.52. The van der Waals surface area contributed by atoms with Crippen LogP contribution in [0.1, 0.15) is 90.4 Å². The molecule has 0 atom stereocenters. The maximum absolute atomic E-state index is 9.12. The van der Waals surface area contributed by atoms with E-state index in [1.165, 1.54) is 90.0 Å². The number of aliphatic hydroxyl groups is 1. The van der Waals surface area contributed by atoms with Crippen LogP contribution in [0.15, 0.2) is 0 Å². The Morgan fingerprint density at radius 2 is 1.35 bits per heavy atom. The van der Waals surface area contributed by atoms with E-state index < -0.39 is 0 Å². The van der Waals surface area contributed by atoms with E-state index in [2.05, 4.69) is 11.8 Å². The van der Waals surface area contributed by atoms with E-state index in [-0.39, 0.29) is 0 Å². The van der Waals surface area contributed by atoms with Crippen molar-refractivity contribution >= 4 is 0 Å². The Hall–Kier alpha value is -0.0800. The highest BCUT2D eigenvalue weighted by Gasteiger charge is 2.23. The van der Waals surface area contributed by atoms with Gasteiger partial charge in [0.05, 0.1) is 6.61 Å². The third kappa shape index (κ3) is 8.26. The molecule has 1 aliphatic carbocycles. The van der Waals surface area contributed by atoms with Crippen LogP contribution in [0.2, 0.25) is 0 Å². The second-order valence-electron chi connectivity index (χ2n) is 6.53. The molecule has 0 radical (unpaired) electrons. The van der Waals surface area contributed by atoms with Crippen LogP contribution in [0.3, 0.4) is 0 Å². The number of unbranched alkanes of at least 4 members (excludes halogenated alkanes) is 9. The topological polar surface area (TPSA) is 23.5 Å². The third-order valence-electron chi connectivity index (χ3n) is 4.78. The predicted molar refractivity (Wildman–Crippen MR) is 88.1 cm³/mol. The van der Waals surface area contributed by atoms with Gasteiger partial charge in [-0.1, -0.05) is 71.1 Å². The van der Waals surface area contributed by atoms with Gasteiger partial charge in [0.2, 0.25) is 0 Å². The van der Waals surface area contributed by atoms with E-state index in [0.29, 0.717) is 6.61 Å². The molecule has 1 N–H and O–H groups in total. The van der Waals surface area contributed by atoms with Gasteiger partial charge in [-0.05, 0) is 25.8 Å². The molecular weight excluding hydrogens is 246 g/mol. The van der Waals surface area contributed by atoms with Crippen LogP contribution >= 0.6 is 0 Å². The highest BCUT2D eigenvalue weighted by Crippen LogP contribution is 2.24. The minimum atomic E-state index is 0.328. The number of nitrogens with zero attached hydrogens (tertiary/aromatic N) is 1. The standard InChI is InChI=1S/C18H37NO/c1-2-3-4-5-6-7-8-9-10-11-15-19(16-17-20)18-13-12-14-18/h18,20H,2-17H2,1H3. The van der Waals surface area contributed by atoms with Crippen LogP contribution in [0.25, 0.3) is 0 Å². The lowest BCUT2D eigenvalue weighted by molar-refractivity contribution is 0.0994. The lowest BCUT2D eigenvalue weighted by Crippen LogP contribution is -2.42. The summed E-state index contributed by atoms with van der Waals surface area (Å²) in [6.07, 6.45) is 18.2. The van der Waals surface area contributed by atoms with Gasteiger partial charge in [0, 0.05) is 12.6 Å². The van der Waals surface area contributed by atoms with Crippen molar-refractivity contribution in [2.75, 3.05) is 19.7 Å². The van der Waals surface area contributed by atoms with Gasteiger partial charge in [-0.3, -0.25) is 4.90 Å². The molecule has 0 bridgehead atoms. The zero-order valence-electron chi connectivity index (χ0n) is 13.8. The molecule has 0 unspecified atom stereocenters. The molecule has 1 aliphatic rings. The molecule has 0 spiro atoms. The van der Waals surface area contributed by atoms with Crippen LogP contribution in [0.4, 0.5) is 0 Å². The average Bonchev–Trinajstić information content (AvgIpc) is 2.39. The second-order valence-corrected chi connectivity index (χ2v) is 6.53. The molecule has 1 saturated carbocycles. The monoisotopic (exact) mass is 283 g/mol. The van der Waals surface area contributed by atoms with Crippen LogP contribution in [-0.4, -0.2) is 35.7 Å². The fourth-order valence-electron chi connectivity index (χ4n) is 3.16. The molecule has 0 aliphatic heterocycles. The van der Waals surface area contributed by atoms with Crippen molar-refractivity contribution < 1.29 is 5.11 Å². The molecule has 1 rings (SSSR count). The van der Waals surface area contributed by atoms with Crippen LogP contribution in [0, 0.1) is 0 Å². The Balaban J connectivity index is 1.85. The Morgan fingerprint density at radius 1 is 0.800 bits per heavy atom. The minimum Gasteiger partial charge on any atom is -0.395 e. The fraction of sp³-hybridized carbons (Fsp3) is 1.00. The van der Waals surface area contributed by atoms with Crippen molar-refractivity contribution in [1.29, 1.82) is 0 Å². The van der Waals surface area contributed by atoms with Gasteiger partial charge in [0.15, 0.2) is 0 Å². The maximum Gasteiger partial charge on any atom is 0.0558 e. The number of hydrogen-bond donors (Lipinski definition) is 1. The SMILES string of the molecule is CCCCCCCCCCCCN(CCO)C1CCC1. The summed E-state index contributed by atoms with van der Waals surface area (Å²) in [5.41, 5.74) is 0. The Bertz CT molecular complexity index is 204. The molecule has 0 heterocycles. The van der Waals surface area contributed by atoms with E-state index in [4.69, 9.17) is 5.11 Å². The lowest BCUT2D eigenvalue weighted by Gasteiger charge is -2.37. The maximum atomic E-state index is 9.12. The first-order valence-corrected chi connectivity index (χ1v) is 9.23. The summed E-state index contributed by atoms with van der Waals surface area (Å²) in [6.45, 7) is 4.71. The van der Waals surface area contributed by atoms with Crippen LogP contribution in [-0.2, 0) is 0 Å². The van der Waals surface area contributed by atoms with Gasteiger partial charge in [-0.15, -0.1) is 0 Å².